The normalized spacial score (nSPS) is 10.8. The van der Waals surface area contributed by atoms with Crippen molar-refractivity contribution in [1.82, 2.24) is 0 Å². The molecule has 0 saturated carbocycles. The van der Waals surface area contributed by atoms with Crippen molar-refractivity contribution in [3.8, 4) is 0 Å². The first kappa shape index (κ1) is 15.2. The van der Waals surface area contributed by atoms with Gasteiger partial charge < -0.3 is 5.32 Å². The number of anilines is 2. The van der Waals surface area contributed by atoms with Gasteiger partial charge in [-0.25, -0.2) is 8.42 Å². The number of carbonyl (C=O) groups excluding carboxylic acids is 2. The summed E-state index contributed by atoms with van der Waals surface area (Å²) in [6, 6.07) is 6.20. The molecule has 1 aromatic carbocycles. The van der Waals surface area contributed by atoms with Crippen LogP contribution in [-0.4, -0.2) is 25.9 Å². The van der Waals surface area contributed by atoms with E-state index in [4.69, 9.17) is 0 Å². The molecule has 1 aromatic rings. The quantitative estimate of drug-likeness (QED) is 0.772. The van der Waals surface area contributed by atoms with Gasteiger partial charge in [0.2, 0.25) is 15.9 Å². The summed E-state index contributed by atoms with van der Waals surface area (Å²) < 4.78 is 25.1. The lowest BCUT2D eigenvalue weighted by molar-refractivity contribution is -0.124. The molecule has 6 nitrogen and oxygen atoms in total. The minimum atomic E-state index is -3.31. The number of hydrogen-bond donors (Lipinski definition) is 2. The highest BCUT2D eigenvalue weighted by molar-refractivity contribution is 7.92. The van der Waals surface area contributed by atoms with Crippen LogP contribution in [0, 0.1) is 0 Å². The van der Waals surface area contributed by atoms with Crippen LogP contribution in [0.25, 0.3) is 0 Å². The van der Waals surface area contributed by atoms with E-state index in [0.29, 0.717) is 11.4 Å². The smallest absolute Gasteiger partial charge is 0.232 e. The third kappa shape index (κ3) is 5.52. The molecule has 1 rings (SSSR count). The van der Waals surface area contributed by atoms with Gasteiger partial charge in [-0.1, -0.05) is 0 Å². The Morgan fingerprint density at radius 3 is 2.11 bits per heavy atom. The highest BCUT2D eigenvalue weighted by Gasteiger charge is 2.08. The molecule has 0 saturated heterocycles. The second-order valence-corrected chi connectivity index (χ2v) is 6.02. The van der Waals surface area contributed by atoms with Crippen LogP contribution in [0.3, 0.4) is 0 Å². The van der Waals surface area contributed by atoms with Crippen LogP contribution < -0.4 is 10.0 Å². The van der Waals surface area contributed by atoms with Crippen molar-refractivity contribution in [1.29, 1.82) is 0 Å². The fourth-order valence-electron chi connectivity index (χ4n) is 1.30. The van der Waals surface area contributed by atoms with Gasteiger partial charge in [-0.3, -0.25) is 14.3 Å². The lowest BCUT2D eigenvalue weighted by atomic mass is 10.2. The number of sulfonamides is 1. The maximum Gasteiger partial charge on any atom is 0.232 e. The van der Waals surface area contributed by atoms with Gasteiger partial charge in [0.15, 0.2) is 0 Å². The largest absolute Gasteiger partial charge is 0.326 e. The summed E-state index contributed by atoms with van der Waals surface area (Å²) in [7, 11) is -3.31. The van der Waals surface area contributed by atoms with Crippen molar-refractivity contribution < 1.29 is 18.0 Å². The average molecular weight is 284 g/mol. The fraction of sp³-hybridized carbons (Fsp3) is 0.333. The van der Waals surface area contributed by atoms with Crippen LogP contribution in [0.15, 0.2) is 24.3 Å². The number of benzene rings is 1. The minimum Gasteiger partial charge on any atom is -0.326 e. The van der Waals surface area contributed by atoms with E-state index >= 15 is 0 Å². The van der Waals surface area contributed by atoms with Crippen LogP contribution in [0.5, 0.6) is 0 Å². The topological polar surface area (TPSA) is 92.3 Å². The lowest BCUT2D eigenvalue weighted by Gasteiger charge is -2.07. The van der Waals surface area contributed by atoms with Crippen molar-refractivity contribution >= 4 is 33.1 Å². The molecule has 0 atom stereocenters. The first-order valence-corrected chi connectivity index (χ1v) is 7.37. The molecule has 7 heteroatoms. The SMILES string of the molecule is CCS(=O)(=O)Nc1ccc(NC(=O)CC(C)=O)cc1. The van der Waals surface area contributed by atoms with Crippen LogP contribution in [0.2, 0.25) is 0 Å². The van der Waals surface area contributed by atoms with Crippen molar-refractivity contribution in [2.75, 3.05) is 15.8 Å². The molecular formula is C12H16N2O4S. The average Bonchev–Trinajstić information content (AvgIpc) is 2.30. The summed E-state index contributed by atoms with van der Waals surface area (Å²) in [6.07, 6.45) is -0.176. The Morgan fingerprint density at radius 2 is 1.63 bits per heavy atom. The number of nitrogens with one attached hydrogen (secondary N) is 2. The number of hydrogen-bond acceptors (Lipinski definition) is 4. The maximum absolute atomic E-state index is 11.3. The molecule has 2 N–H and O–H groups in total. The Bertz CT molecular complexity index is 564. The molecule has 0 aliphatic rings. The van der Waals surface area contributed by atoms with Crippen LogP contribution in [0.4, 0.5) is 11.4 Å². The monoisotopic (exact) mass is 284 g/mol. The second kappa shape index (κ2) is 6.33. The lowest BCUT2D eigenvalue weighted by Crippen LogP contribution is -2.15. The molecule has 0 aliphatic carbocycles. The molecule has 104 valence electrons. The predicted octanol–water partition coefficient (Wildman–Crippen LogP) is 1.37. The van der Waals surface area contributed by atoms with E-state index in [0.717, 1.165) is 0 Å². The molecule has 0 spiro atoms. The highest BCUT2D eigenvalue weighted by atomic mass is 32.2. The standard InChI is InChI=1S/C12H16N2O4S/c1-3-19(17,18)14-11-6-4-10(5-7-11)13-12(16)8-9(2)15/h4-7,14H,3,8H2,1-2H3,(H,13,16). The first-order valence-electron chi connectivity index (χ1n) is 5.72. The zero-order chi connectivity index (χ0) is 14.5. The van der Waals surface area contributed by atoms with Crippen LogP contribution in [-0.2, 0) is 19.6 Å². The van der Waals surface area contributed by atoms with E-state index in [2.05, 4.69) is 10.0 Å². The summed E-state index contributed by atoms with van der Waals surface area (Å²) in [5, 5.41) is 2.54. The maximum atomic E-state index is 11.3. The molecule has 0 aromatic heterocycles. The number of carbonyl (C=O) groups is 2. The van der Waals surface area contributed by atoms with Crippen molar-refractivity contribution in [3.05, 3.63) is 24.3 Å². The third-order valence-electron chi connectivity index (χ3n) is 2.23. The Kier molecular flexibility index (Phi) is 5.05. The summed E-state index contributed by atoms with van der Waals surface area (Å²) >= 11 is 0. The number of Topliss-reactive ketones (excluding diaryl/α,β-unsaturated/α-hetero) is 1. The summed E-state index contributed by atoms with van der Waals surface area (Å²) in [6.45, 7) is 2.88. The Labute approximate surface area is 112 Å². The van der Waals surface area contributed by atoms with E-state index in [9.17, 15) is 18.0 Å². The Hall–Kier alpha value is -1.89. The zero-order valence-electron chi connectivity index (χ0n) is 10.8. The highest BCUT2D eigenvalue weighted by Crippen LogP contribution is 2.15. The predicted molar refractivity (Wildman–Crippen MR) is 73.5 cm³/mol. The Balaban J connectivity index is 2.67. The molecular weight excluding hydrogens is 268 g/mol. The number of rotatable bonds is 6. The fourth-order valence-corrected chi connectivity index (χ4v) is 1.94. The molecule has 0 fully saturated rings. The molecule has 0 heterocycles. The third-order valence-corrected chi connectivity index (χ3v) is 3.54. The van der Waals surface area contributed by atoms with E-state index in [1.54, 1.807) is 19.1 Å². The molecule has 1 amide bonds. The van der Waals surface area contributed by atoms with E-state index in [-0.39, 0.29) is 18.0 Å². The van der Waals surface area contributed by atoms with Gasteiger partial charge in [0.25, 0.3) is 0 Å². The molecule has 0 aliphatic heterocycles. The first-order chi connectivity index (χ1) is 8.82. The van der Waals surface area contributed by atoms with Crippen molar-refractivity contribution in [2.45, 2.75) is 20.3 Å². The molecule has 0 radical (unpaired) electrons. The van der Waals surface area contributed by atoms with Gasteiger partial charge in [0.1, 0.15) is 5.78 Å². The van der Waals surface area contributed by atoms with Gasteiger partial charge >= 0.3 is 0 Å². The van der Waals surface area contributed by atoms with Crippen LogP contribution in [0.1, 0.15) is 20.3 Å². The van der Waals surface area contributed by atoms with Crippen LogP contribution >= 0.6 is 0 Å². The Morgan fingerprint density at radius 1 is 1.11 bits per heavy atom. The van der Waals surface area contributed by atoms with Crippen molar-refractivity contribution in [2.24, 2.45) is 0 Å². The number of ketones is 1. The van der Waals surface area contributed by atoms with E-state index in [1.165, 1.54) is 19.1 Å². The zero-order valence-corrected chi connectivity index (χ0v) is 11.6. The van der Waals surface area contributed by atoms with Gasteiger partial charge in [-0.15, -0.1) is 0 Å². The van der Waals surface area contributed by atoms with Gasteiger partial charge in [0.05, 0.1) is 12.2 Å². The van der Waals surface area contributed by atoms with Gasteiger partial charge in [-0.05, 0) is 38.1 Å². The van der Waals surface area contributed by atoms with E-state index < -0.39 is 15.9 Å². The number of amides is 1. The summed E-state index contributed by atoms with van der Waals surface area (Å²) in [4.78, 5) is 22.1. The molecule has 0 unspecified atom stereocenters. The molecule has 0 bridgehead atoms. The summed E-state index contributed by atoms with van der Waals surface area (Å²) in [5.41, 5.74) is 0.928. The van der Waals surface area contributed by atoms with Crippen molar-refractivity contribution in [3.63, 3.8) is 0 Å². The summed E-state index contributed by atoms with van der Waals surface area (Å²) in [5.74, 6) is -0.622. The molecule has 19 heavy (non-hydrogen) atoms. The van der Waals surface area contributed by atoms with E-state index in [1.807, 2.05) is 0 Å². The second-order valence-electron chi connectivity index (χ2n) is 4.01. The van der Waals surface area contributed by atoms with Gasteiger partial charge in [-0.2, -0.15) is 0 Å². The van der Waals surface area contributed by atoms with Gasteiger partial charge in [0, 0.05) is 11.4 Å². The minimum absolute atomic E-state index is 0.00982.